The van der Waals surface area contributed by atoms with Gasteiger partial charge in [0.25, 0.3) is 0 Å². The van der Waals surface area contributed by atoms with Crippen molar-refractivity contribution in [3.63, 3.8) is 0 Å². The predicted molar refractivity (Wildman–Crippen MR) is 185 cm³/mol. The molecule has 202 valence electrons. The molecular formula is C42H28S. The molecule has 0 spiro atoms. The lowest BCUT2D eigenvalue weighted by Gasteiger charge is -2.38. The third-order valence-corrected chi connectivity index (χ3v) is 10.5. The SMILES string of the molecule is C1=CC2=CC=CC3Sc4cccc(-c5c6ccccc6c(-c6ccccc6-c6ccccc6)c6ccccc56)c4C(=C1)C23. The Morgan fingerprint density at radius 2 is 1.07 bits per heavy atom. The van der Waals surface area contributed by atoms with Gasteiger partial charge in [-0.05, 0) is 77.7 Å². The van der Waals surface area contributed by atoms with Crippen molar-refractivity contribution in [2.75, 3.05) is 0 Å². The van der Waals surface area contributed by atoms with Crippen molar-refractivity contribution in [2.45, 2.75) is 10.1 Å². The van der Waals surface area contributed by atoms with Crippen LogP contribution in [0.2, 0.25) is 0 Å². The van der Waals surface area contributed by atoms with Crippen LogP contribution in [0, 0.1) is 5.92 Å². The van der Waals surface area contributed by atoms with Gasteiger partial charge in [-0.25, -0.2) is 0 Å². The van der Waals surface area contributed by atoms with Crippen LogP contribution in [0.4, 0.5) is 0 Å². The van der Waals surface area contributed by atoms with Crippen molar-refractivity contribution in [3.8, 4) is 33.4 Å². The molecule has 0 fully saturated rings. The average molecular weight is 565 g/mol. The summed E-state index contributed by atoms with van der Waals surface area (Å²) in [6, 6.07) is 44.7. The van der Waals surface area contributed by atoms with Crippen LogP contribution in [0.25, 0.3) is 60.5 Å². The monoisotopic (exact) mass is 564 g/mol. The Hall–Kier alpha value is -4.85. The Labute approximate surface area is 256 Å². The fourth-order valence-corrected chi connectivity index (χ4v) is 8.88. The van der Waals surface area contributed by atoms with Crippen LogP contribution < -0.4 is 0 Å². The molecule has 6 aromatic rings. The van der Waals surface area contributed by atoms with Crippen molar-refractivity contribution in [3.05, 3.63) is 169 Å². The summed E-state index contributed by atoms with van der Waals surface area (Å²) < 4.78 is 0. The van der Waals surface area contributed by atoms with Gasteiger partial charge in [-0.2, -0.15) is 0 Å². The number of thioether (sulfide) groups is 1. The number of fused-ring (bicyclic) bond motifs is 4. The molecule has 0 nitrogen and oxygen atoms in total. The van der Waals surface area contributed by atoms with Gasteiger partial charge in [0, 0.05) is 16.1 Å². The minimum Gasteiger partial charge on any atom is -0.117 e. The van der Waals surface area contributed by atoms with Gasteiger partial charge in [0.2, 0.25) is 0 Å². The van der Waals surface area contributed by atoms with Crippen LogP contribution in [0.3, 0.4) is 0 Å². The van der Waals surface area contributed by atoms with Crippen LogP contribution in [0.5, 0.6) is 0 Å². The van der Waals surface area contributed by atoms with Gasteiger partial charge < -0.3 is 0 Å². The van der Waals surface area contributed by atoms with E-state index in [9.17, 15) is 0 Å². The maximum Gasteiger partial charge on any atom is 0.0387 e. The molecule has 43 heavy (non-hydrogen) atoms. The van der Waals surface area contributed by atoms with Gasteiger partial charge >= 0.3 is 0 Å². The van der Waals surface area contributed by atoms with E-state index in [2.05, 4.69) is 158 Å². The molecule has 0 saturated carbocycles. The minimum atomic E-state index is 0.392. The number of allylic oxidation sites excluding steroid dienone is 7. The summed E-state index contributed by atoms with van der Waals surface area (Å²) in [6.07, 6.45) is 13.8. The third kappa shape index (κ3) is 3.78. The van der Waals surface area contributed by atoms with Crippen molar-refractivity contribution >= 4 is 38.9 Å². The first-order valence-corrected chi connectivity index (χ1v) is 15.9. The maximum absolute atomic E-state index is 2.38. The molecule has 3 aliphatic rings. The van der Waals surface area contributed by atoms with Gasteiger partial charge in [-0.15, -0.1) is 11.8 Å². The lowest BCUT2D eigenvalue weighted by Crippen LogP contribution is -2.26. The highest BCUT2D eigenvalue weighted by Gasteiger charge is 2.37. The van der Waals surface area contributed by atoms with Gasteiger partial charge in [0.15, 0.2) is 0 Å². The summed E-state index contributed by atoms with van der Waals surface area (Å²) in [5.41, 5.74) is 12.0. The molecule has 2 atom stereocenters. The van der Waals surface area contributed by atoms with Gasteiger partial charge in [0.1, 0.15) is 0 Å². The zero-order valence-electron chi connectivity index (χ0n) is 23.6. The lowest BCUT2D eigenvalue weighted by molar-refractivity contribution is 0.804. The summed E-state index contributed by atoms with van der Waals surface area (Å²) in [7, 11) is 0. The molecule has 1 heteroatoms. The Morgan fingerprint density at radius 3 is 1.79 bits per heavy atom. The number of hydrogen-bond donors (Lipinski definition) is 0. The van der Waals surface area contributed by atoms with Crippen molar-refractivity contribution in [1.82, 2.24) is 0 Å². The van der Waals surface area contributed by atoms with E-state index < -0.39 is 0 Å². The molecule has 2 unspecified atom stereocenters. The van der Waals surface area contributed by atoms with Crippen LogP contribution in [-0.2, 0) is 0 Å². The number of rotatable bonds is 3. The first-order chi connectivity index (χ1) is 21.4. The van der Waals surface area contributed by atoms with E-state index >= 15 is 0 Å². The zero-order valence-corrected chi connectivity index (χ0v) is 24.4. The van der Waals surface area contributed by atoms with Gasteiger partial charge in [-0.3, -0.25) is 0 Å². The van der Waals surface area contributed by atoms with Crippen molar-refractivity contribution < 1.29 is 0 Å². The Balaban J connectivity index is 1.38. The second-order valence-electron chi connectivity index (χ2n) is 11.5. The van der Waals surface area contributed by atoms with Crippen LogP contribution >= 0.6 is 11.8 Å². The molecule has 0 N–H and O–H groups in total. The topological polar surface area (TPSA) is 0 Å². The molecule has 0 aromatic heterocycles. The van der Waals surface area contributed by atoms with E-state index in [4.69, 9.17) is 0 Å². The number of hydrogen-bond acceptors (Lipinski definition) is 1. The van der Waals surface area contributed by atoms with E-state index in [1.807, 2.05) is 11.8 Å². The second kappa shape index (κ2) is 9.87. The van der Waals surface area contributed by atoms with Crippen molar-refractivity contribution in [1.29, 1.82) is 0 Å². The summed E-state index contributed by atoms with van der Waals surface area (Å²) in [5, 5.41) is 5.61. The molecule has 1 aliphatic heterocycles. The lowest BCUT2D eigenvalue weighted by atomic mass is 9.75. The highest BCUT2D eigenvalue weighted by Crippen LogP contribution is 2.55. The number of benzene rings is 6. The van der Waals surface area contributed by atoms with E-state index in [1.54, 1.807) is 0 Å². The highest BCUT2D eigenvalue weighted by molar-refractivity contribution is 8.00. The zero-order chi connectivity index (χ0) is 28.3. The molecule has 0 bridgehead atoms. The Kier molecular flexibility index (Phi) is 5.67. The predicted octanol–water partition coefficient (Wildman–Crippen LogP) is 11.5. The van der Waals surface area contributed by atoms with E-state index in [0.29, 0.717) is 11.2 Å². The minimum absolute atomic E-state index is 0.392. The molecule has 1 heterocycles. The molecule has 0 saturated heterocycles. The van der Waals surface area contributed by atoms with E-state index in [-0.39, 0.29) is 0 Å². The van der Waals surface area contributed by atoms with Gasteiger partial charge in [-0.1, -0.05) is 152 Å². The van der Waals surface area contributed by atoms with Gasteiger partial charge in [0.05, 0.1) is 0 Å². The first-order valence-electron chi connectivity index (χ1n) is 15.0. The molecule has 0 radical (unpaired) electrons. The van der Waals surface area contributed by atoms with Crippen LogP contribution in [-0.4, -0.2) is 5.25 Å². The molecule has 9 rings (SSSR count). The summed E-state index contributed by atoms with van der Waals surface area (Å²) >= 11 is 2.01. The molecule has 0 amide bonds. The van der Waals surface area contributed by atoms with Crippen molar-refractivity contribution in [2.24, 2.45) is 5.92 Å². The Morgan fingerprint density at radius 1 is 0.465 bits per heavy atom. The Bertz CT molecular complexity index is 2150. The van der Waals surface area contributed by atoms with E-state index in [1.165, 1.54) is 76.5 Å². The third-order valence-electron chi connectivity index (χ3n) is 9.24. The first kappa shape index (κ1) is 24.7. The molecule has 2 aliphatic carbocycles. The van der Waals surface area contributed by atoms with Crippen LogP contribution in [0.1, 0.15) is 5.56 Å². The molecule has 6 aromatic carbocycles. The fourth-order valence-electron chi connectivity index (χ4n) is 7.47. The molecular weight excluding hydrogens is 537 g/mol. The second-order valence-corrected chi connectivity index (χ2v) is 12.7. The smallest absolute Gasteiger partial charge is 0.0387 e. The quantitative estimate of drug-likeness (QED) is 0.193. The maximum atomic E-state index is 2.38. The average Bonchev–Trinajstić information content (AvgIpc) is 3.07. The van der Waals surface area contributed by atoms with Crippen LogP contribution in [0.15, 0.2) is 168 Å². The van der Waals surface area contributed by atoms with E-state index in [0.717, 1.165) is 0 Å². The normalized spacial score (nSPS) is 18.2. The summed E-state index contributed by atoms with van der Waals surface area (Å²) in [4.78, 5) is 1.37. The fraction of sp³-hybridized carbons (Fsp3) is 0.0476. The standard InChI is InChI=1S/C42H28S/c1-2-13-27(14-3-1)29-17-4-5-18-30(29)40-31-19-6-8-21-33(31)41(34-22-9-7-20-32(34)40)36-24-12-26-38-42(36)35-23-10-15-28-16-11-25-37(43-38)39(28)35/h1-26,37,39H. The largest absolute Gasteiger partial charge is 0.117 e. The summed E-state index contributed by atoms with van der Waals surface area (Å²) in [6.45, 7) is 0. The summed E-state index contributed by atoms with van der Waals surface area (Å²) in [5.74, 6) is 0.392. The highest BCUT2D eigenvalue weighted by atomic mass is 32.2.